The zero-order valence-corrected chi connectivity index (χ0v) is 38.1. The molecule has 2 heterocycles. The highest BCUT2D eigenvalue weighted by atomic mass is 32.1. The molecular weight excluding hydrogens is 840 g/mol. The Morgan fingerprint density at radius 2 is 0.523 bits per heavy atom. The smallest absolute Gasteiger partial charge is 0.0377 e. The Morgan fingerprint density at radius 1 is 0.231 bits per heavy atom. The normalized spacial score (nSPS) is 11.2. The van der Waals surface area contributed by atoms with Crippen molar-refractivity contribution in [1.29, 1.82) is 0 Å². The summed E-state index contributed by atoms with van der Waals surface area (Å²) in [4.78, 5) is 0. The Kier molecular flexibility index (Phi) is 11.5. The fraction of sp³-hybridized carbons (Fsp3) is 0. The largest absolute Gasteiger partial charge is 0.143 e. The summed E-state index contributed by atoms with van der Waals surface area (Å²) in [6.07, 6.45) is 0. The second-order valence-electron chi connectivity index (χ2n) is 16.0. The Bertz CT molecular complexity index is 2970. The molecule has 9 aromatic carbocycles. The molecular formula is C62H43PS2. The molecule has 0 nitrogen and oxygen atoms in total. The molecule has 3 heteroatoms. The van der Waals surface area contributed by atoms with Crippen LogP contribution in [-0.2, 0) is 0 Å². The van der Waals surface area contributed by atoms with Gasteiger partial charge in [0, 0.05) is 22.5 Å². The number of thiophene rings is 2. The molecule has 0 saturated heterocycles. The third-order valence-electron chi connectivity index (χ3n) is 12.1. The first-order chi connectivity index (χ1) is 32.3. The molecule has 0 aliphatic carbocycles. The zero-order valence-electron chi connectivity index (χ0n) is 35.6. The van der Waals surface area contributed by atoms with E-state index in [2.05, 4.69) is 259 Å². The standard InChI is InChI=1S/C62H43PS2/c1-7-22-44(23-8-1)50-40-54(46-26-11-3-12-27-46)60(55(41-50)47-28-13-4-14-29-47)52-34-19-35-53(62(52)63(58-36-20-38-64-58)59-37-21-39-65-59)61-56(48-30-15-5-16-31-48)42-51(45-24-9-2-10-25-45)43-57(61)49-32-17-6-18-33-49/h1-43H. The molecule has 0 amide bonds. The molecule has 2 aromatic heterocycles. The van der Waals surface area contributed by atoms with Gasteiger partial charge in [0.1, 0.15) is 0 Å². The summed E-state index contributed by atoms with van der Waals surface area (Å²) < 4.78 is 2.76. The van der Waals surface area contributed by atoms with E-state index in [9.17, 15) is 0 Å². The molecule has 0 aliphatic rings. The molecule has 0 saturated carbocycles. The average molecular weight is 883 g/mol. The van der Waals surface area contributed by atoms with Crippen molar-refractivity contribution in [2.75, 3.05) is 0 Å². The van der Waals surface area contributed by atoms with E-state index in [1.165, 1.54) is 104 Å². The van der Waals surface area contributed by atoms with Crippen molar-refractivity contribution >= 4 is 45.1 Å². The lowest BCUT2D eigenvalue weighted by Gasteiger charge is -2.28. The highest BCUT2D eigenvalue weighted by Gasteiger charge is 2.31. The van der Waals surface area contributed by atoms with Crippen LogP contribution >= 0.6 is 30.6 Å². The van der Waals surface area contributed by atoms with Gasteiger partial charge in [0.2, 0.25) is 0 Å². The Labute approximate surface area is 391 Å². The second-order valence-corrected chi connectivity index (χ2v) is 20.6. The summed E-state index contributed by atoms with van der Waals surface area (Å²) >= 11 is 3.74. The quantitative estimate of drug-likeness (QED) is 0.114. The maximum absolute atomic E-state index is 2.43. The van der Waals surface area contributed by atoms with Crippen molar-refractivity contribution in [3.05, 3.63) is 259 Å². The van der Waals surface area contributed by atoms with Gasteiger partial charge in [0.05, 0.1) is 0 Å². The summed E-state index contributed by atoms with van der Waals surface area (Å²) in [6, 6.07) is 91.8. The summed E-state index contributed by atoms with van der Waals surface area (Å²) in [5, 5.41) is 5.86. The lowest BCUT2D eigenvalue weighted by atomic mass is 9.81. The second kappa shape index (κ2) is 18.5. The van der Waals surface area contributed by atoms with Crippen molar-refractivity contribution in [3.63, 3.8) is 0 Å². The molecule has 0 aliphatic heterocycles. The van der Waals surface area contributed by atoms with Crippen LogP contribution in [0.4, 0.5) is 0 Å². The van der Waals surface area contributed by atoms with E-state index in [-0.39, 0.29) is 0 Å². The van der Waals surface area contributed by atoms with Gasteiger partial charge in [0.25, 0.3) is 0 Å². The van der Waals surface area contributed by atoms with Crippen LogP contribution in [0.5, 0.6) is 0 Å². The van der Waals surface area contributed by atoms with E-state index in [1.54, 1.807) is 0 Å². The molecule has 308 valence electrons. The van der Waals surface area contributed by atoms with Crippen LogP contribution < -0.4 is 14.5 Å². The van der Waals surface area contributed by atoms with E-state index in [4.69, 9.17) is 0 Å². The summed E-state index contributed by atoms with van der Waals surface area (Å²) in [5.41, 5.74) is 19.3. The monoisotopic (exact) mass is 882 g/mol. The third kappa shape index (κ3) is 8.14. The molecule has 11 aromatic rings. The van der Waals surface area contributed by atoms with Crippen LogP contribution in [-0.4, -0.2) is 0 Å². The number of rotatable bonds is 11. The molecule has 11 rings (SSSR count). The van der Waals surface area contributed by atoms with Crippen LogP contribution in [0.25, 0.3) is 89.0 Å². The van der Waals surface area contributed by atoms with Gasteiger partial charge in [0.15, 0.2) is 0 Å². The van der Waals surface area contributed by atoms with Crippen molar-refractivity contribution in [2.24, 2.45) is 0 Å². The predicted octanol–water partition coefficient (Wildman–Crippen LogP) is 16.9. The summed E-state index contributed by atoms with van der Waals surface area (Å²) in [7, 11) is -1.05. The Morgan fingerprint density at radius 3 is 0.800 bits per heavy atom. The van der Waals surface area contributed by atoms with Gasteiger partial charge in [-0.15, -0.1) is 22.7 Å². The van der Waals surface area contributed by atoms with Crippen molar-refractivity contribution < 1.29 is 0 Å². The molecule has 0 N–H and O–H groups in total. The minimum atomic E-state index is -1.05. The van der Waals surface area contributed by atoms with Crippen LogP contribution in [0.3, 0.4) is 0 Å². The van der Waals surface area contributed by atoms with Crippen LogP contribution in [0.15, 0.2) is 259 Å². The molecule has 0 bridgehead atoms. The van der Waals surface area contributed by atoms with Crippen LogP contribution in [0.2, 0.25) is 0 Å². The average Bonchev–Trinajstić information content (AvgIpc) is 4.14. The van der Waals surface area contributed by atoms with Crippen molar-refractivity contribution in [1.82, 2.24) is 0 Å². The van der Waals surface area contributed by atoms with E-state index < -0.39 is 7.92 Å². The molecule has 0 spiro atoms. The first-order valence-electron chi connectivity index (χ1n) is 22.0. The van der Waals surface area contributed by atoms with Gasteiger partial charge in [-0.3, -0.25) is 0 Å². The highest BCUT2D eigenvalue weighted by Crippen LogP contribution is 2.52. The van der Waals surface area contributed by atoms with Crippen LogP contribution in [0.1, 0.15) is 0 Å². The molecule has 0 fully saturated rings. The molecule has 0 radical (unpaired) electrons. The van der Waals surface area contributed by atoms with E-state index in [0.29, 0.717) is 0 Å². The van der Waals surface area contributed by atoms with Gasteiger partial charge in [-0.1, -0.05) is 212 Å². The maximum Gasteiger partial charge on any atom is 0.0377 e. The van der Waals surface area contributed by atoms with Gasteiger partial charge >= 0.3 is 0 Å². The summed E-state index contributed by atoms with van der Waals surface area (Å²) in [5.74, 6) is 0. The zero-order chi connectivity index (χ0) is 43.4. The molecule has 65 heavy (non-hydrogen) atoms. The third-order valence-corrected chi connectivity index (χ3v) is 17.3. The number of hydrogen-bond donors (Lipinski definition) is 0. The Hall–Kier alpha value is -7.19. The topological polar surface area (TPSA) is 0 Å². The fourth-order valence-corrected chi connectivity index (χ4v) is 14.6. The molecule has 0 atom stereocenters. The SMILES string of the molecule is c1ccc(-c2cc(-c3ccccc3)c(-c3cccc(-c4c(-c5ccccc5)cc(-c5ccccc5)cc4-c4ccccc4)c3P(c3cccs3)c3cccs3)c(-c3ccccc3)c2)cc1. The van der Waals surface area contributed by atoms with Gasteiger partial charge in [-0.25, -0.2) is 0 Å². The lowest BCUT2D eigenvalue weighted by Crippen LogP contribution is -2.21. The highest BCUT2D eigenvalue weighted by molar-refractivity contribution is 7.88. The lowest BCUT2D eigenvalue weighted by molar-refractivity contribution is 1.54. The molecule has 0 unspecified atom stereocenters. The fourth-order valence-electron chi connectivity index (χ4n) is 9.15. The van der Waals surface area contributed by atoms with E-state index in [0.717, 1.165) is 0 Å². The van der Waals surface area contributed by atoms with Crippen LogP contribution in [0, 0.1) is 0 Å². The maximum atomic E-state index is 2.43. The van der Waals surface area contributed by atoms with E-state index >= 15 is 0 Å². The first-order valence-corrected chi connectivity index (χ1v) is 25.1. The minimum Gasteiger partial charge on any atom is -0.143 e. The minimum absolute atomic E-state index is 1.05. The van der Waals surface area contributed by atoms with Crippen molar-refractivity contribution in [3.8, 4) is 89.0 Å². The van der Waals surface area contributed by atoms with Gasteiger partial charge in [-0.05, 0) is 136 Å². The summed E-state index contributed by atoms with van der Waals surface area (Å²) in [6.45, 7) is 0. The van der Waals surface area contributed by atoms with Gasteiger partial charge < -0.3 is 0 Å². The number of benzene rings is 9. The van der Waals surface area contributed by atoms with E-state index in [1.807, 2.05) is 22.7 Å². The predicted molar refractivity (Wildman–Crippen MR) is 284 cm³/mol. The first kappa shape index (κ1) is 40.6. The van der Waals surface area contributed by atoms with Crippen molar-refractivity contribution in [2.45, 2.75) is 0 Å². The number of hydrogen-bond acceptors (Lipinski definition) is 2. The Balaban J connectivity index is 1.33. The van der Waals surface area contributed by atoms with Gasteiger partial charge in [-0.2, -0.15) is 0 Å².